The summed E-state index contributed by atoms with van der Waals surface area (Å²) in [6.45, 7) is 6.00. The molecule has 78 valence electrons. The van der Waals surface area contributed by atoms with Gasteiger partial charge < -0.3 is 6.92 Å². The Bertz CT molecular complexity index is 314. The molecule has 0 nitrogen and oxygen atoms in total. The molecular formula is C15H16Y+. The monoisotopic (exact) mass is 285 g/mol. The number of hydrogen-bond acceptors (Lipinski definition) is 0. The van der Waals surface area contributed by atoms with Gasteiger partial charge in [-0.2, -0.15) is 36.4 Å². The maximum Gasteiger partial charge on any atom is 3.00 e. The molecule has 0 spiro atoms. The summed E-state index contributed by atoms with van der Waals surface area (Å²) in [7, 11) is 0. The first-order chi connectivity index (χ1) is 7.30. The van der Waals surface area contributed by atoms with Gasteiger partial charge in [0.25, 0.3) is 0 Å². The summed E-state index contributed by atoms with van der Waals surface area (Å²) in [6, 6.07) is 22.8. The van der Waals surface area contributed by atoms with Crippen LogP contribution in [0.3, 0.4) is 0 Å². The quantitative estimate of drug-likeness (QED) is 0.692. The van der Waals surface area contributed by atoms with Gasteiger partial charge in [-0.1, -0.05) is 42.8 Å². The fraction of sp³-hybridized carbons (Fsp3) is 0.133. The van der Waals surface area contributed by atoms with Crippen molar-refractivity contribution in [3.8, 4) is 0 Å². The third kappa shape index (κ3) is 6.92. The van der Waals surface area contributed by atoms with Crippen LogP contribution in [0.5, 0.6) is 0 Å². The maximum absolute atomic E-state index is 3.91. The summed E-state index contributed by atoms with van der Waals surface area (Å²) in [6.07, 6.45) is 0. The largest absolute Gasteiger partial charge is 3.00 e. The van der Waals surface area contributed by atoms with Crippen LogP contribution < -0.4 is 0 Å². The van der Waals surface area contributed by atoms with E-state index in [-0.39, 0.29) is 32.7 Å². The second-order valence-electron chi connectivity index (χ2n) is 3.39. The first-order valence-electron chi connectivity index (χ1n) is 5.10. The van der Waals surface area contributed by atoms with E-state index < -0.39 is 0 Å². The zero-order chi connectivity index (χ0) is 10.9. The van der Waals surface area contributed by atoms with E-state index in [2.05, 4.69) is 32.0 Å². The molecular weight excluding hydrogens is 269 g/mol. The molecule has 0 radical (unpaired) electrons. The second-order valence-corrected chi connectivity index (χ2v) is 3.39. The molecule has 1 atom stereocenters. The smallest absolute Gasteiger partial charge is 0.336 e. The molecule has 1 unspecified atom stereocenters. The Balaban J connectivity index is 0.000000283. The zero-order valence-electron chi connectivity index (χ0n) is 9.64. The Morgan fingerprint density at radius 1 is 0.938 bits per heavy atom. The van der Waals surface area contributed by atoms with Crippen molar-refractivity contribution >= 4 is 0 Å². The van der Waals surface area contributed by atoms with Crippen molar-refractivity contribution in [2.75, 3.05) is 0 Å². The number of hydrogen-bond donors (Lipinski definition) is 0. The Morgan fingerprint density at radius 3 is 1.69 bits per heavy atom. The van der Waals surface area contributed by atoms with Gasteiger partial charge in [-0.25, -0.2) is 0 Å². The minimum absolute atomic E-state index is 0. The van der Waals surface area contributed by atoms with Gasteiger partial charge in [-0.15, -0.1) is 5.92 Å². The minimum Gasteiger partial charge on any atom is -0.336 e. The fourth-order valence-corrected chi connectivity index (χ4v) is 1.12. The molecule has 0 aliphatic carbocycles. The first kappa shape index (κ1) is 15.5. The van der Waals surface area contributed by atoms with Crippen molar-refractivity contribution in [2.24, 2.45) is 0 Å². The van der Waals surface area contributed by atoms with E-state index in [4.69, 9.17) is 0 Å². The average molecular weight is 285 g/mol. The fourth-order valence-electron chi connectivity index (χ4n) is 1.12. The van der Waals surface area contributed by atoms with Gasteiger partial charge in [-0.05, 0) is 0 Å². The van der Waals surface area contributed by atoms with Gasteiger partial charge in [0, 0.05) is 0 Å². The van der Waals surface area contributed by atoms with Crippen LogP contribution in [0.1, 0.15) is 18.4 Å². The molecule has 2 aromatic rings. The summed E-state index contributed by atoms with van der Waals surface area (Å²) >= 11 is 0. The molecule has 1 heteroatoms. The van der Waals surface area contributed by atoms with Crippen molar-refractivity contribution in [1.82, 2.24) is 0 Å². The van der Waals surface area contributed by atoms with Crippen LogP contribution in [0, 0.1) is 13.0 Å². The summed E-state index contributed by atoms with van der Waals surface area (Å²) in [5.41, 5.74) is 1.30. The van der Waals surface area contributed by atoms with Gasteiger partial charge in [0.1, 0.15) is 0 Å². The third-order valence-corrected chi connectivity index (χ3v) is 1.98. The van der Waals surface area contributed by atoms with Crippen molar-refractivity contribution < 1.29 is 32.7 Å². The SMILES string of the molecule is [CH2-]C(C)c1ccccc1.[Y+3].[c-]1ccccc1. The molecule has 0 heterocycles. The van der Waals surface area contributed by atoms with Gasteiger partial charge >= 0.3 is 32.7 Å². The predicted molar refractivity (Wildman–Crippen MR) is 65.5 cm³/mol. The van der Waals surface area contributed by atoms with Crippen molar-refractivity contribution in [2.45, 2.75) is 12.8 Å². The van der Waals surface area contributed by atoms with Gasteiger partial charge in [0.15, 0.2) is 0 Å². The molecule has 2 rings (SSSR count). The van der Waals surface area contributed by atoms with E-state index in [0.29, 0.717) is 5.92 Å². The van der Waals surface area contributed by atoms with Crippen molar-refractivity contribution in [3.05, 3.63) is 79.2 Å². The average Bonchev–Trinajstić information content (AvgIpc) is 2.33. The molecule has 0 bridgehead atoms. The summed E-state index contributed by atoms with van der Waals surface area (Å²) in [5, 5.41) is 0. The van der Waals surface area contributed by atoms with Gasteiger partial charge in [0.05, 0.1) is 0 Å². The Labute approximate surface area is 124 Å². The molecule has 0 saturated heterocycles. The Morgan fingerprint density at radius 2 is 1.44 bits per heavy atom. The van der Waals surface area contributed by atoms with Crippen LogP contribution >= 0.6 is 0 Å². The van der Waals surface area contributed by atoms with E-state index in [1.54, 1.807) is 0 Å². The second kappa shape index (κ2) is 9.75. The molecule has 0 N–H and O–H groups in total. The van der Waals surface area contributed by atoms with Crippen LogP contribution in [0.25, 0.3) is 0 Å². The molecule has 16 heavy (non-hydrogen) atoms. The number of rotatable bonds is 1. The molecule has 2 aromatic carbocycles. The number of benzene rings is 2. The zero-order valence-corrected chi connectivity index (χ0v) is 12.5. The van der Waals surface area contributed by atoms with Crippen LogP contribution in [-0.2, 0) is 32.7 Å². The molecule has 0 saturated carbocycles. The standard InChI is InChI=1S/C9H11.C6H5.Y/c1-8(2)9-6-4-3-5-7-9;1-2-4-6-5-3-1;/h3-8H,1H2,2H3;1-5H;/q2*-1;+3. The minimum atomic E-state index is 0. The van der Waals surface area contributed by atoms with Crippen molar-refractivity contribution in [1.29, 1.82) is 0 Å². The Hall–Kier alpha value is -0.456. The molecule has 0 aromatic heterocycles. The van der Waals surface area contributed by atoms with E-state index in [1.165, 1.54) is 5.56 Å². The maximum atomic E-state index is 3.91. The van der Waals surface area contributed by atoms with Crippen molar-refractivity contribution in [3.63, 3.8) is 0 Å². The summed E-state index contributed by atoms with van der Waals surface area (Å²) < 4.78 is 0. The van der Waals surface area contributed by atoms with E-state index in [1.807, 2.05) is 48.5 Å². The van der Waals surface area contributed by atoms with Crippen LogP contribution in [0.15, 0.2) is 60.7 Å². The predicted octanol–water partition coefficient (Wildman–Crippen LogP) is 4.11. The van der Waals surface area contributed by atoms with Crippen LogP contribution in [0.2, 0.25) is 0 Å². The normalized spacial score (nSPS) is 10.4. The molecule has 0 amide bonds. The van der Waals surface area contributed by atoms with E-state index in [0.717, 1.165) is 0 Å². The Kier molecular flexibility index (Phi) is 9.47. The summed E-state index contributed by atoms with van der Waals surface area (Å²) in [4.78, 5) is 0. The summed E-state index contributed by atoms with van der Waals surface area (Å²) in [5.74, 6) is 0.409. The molecule has 0 aliphatic heterocycles. The molecule has 0 aliphatic rings. The topological polar surface area (TPSA) is 0 Å². The first-order valence-corrected chi connectivity index (χ1v) is 5.10. The van der Waals surface area contributed by atoms with Crippen LogP contribution in [-0.4, -0.2) is 0 Å². The third-order valence-electron chi connectivity index (χ3n) is 1.98. The molecule has 0 fully saturated rings. The van der Waals surface area contributed by atoms with Crippen LogP contribution in [0.4, 0.5) is 0 Å². The van der Waals surface area contributed by atoms with E-state index >= 15 is 0 Å². The van der Waals surface area contributed by atoms with Gasteiger partial charge in [-0.3, -0.25) is 0 Å². The van der Waals surface area contributed by atoms with Gasteiger partial charge in [0.2, 0.25) is 0 Å². The van der Waals surface area contributed by atoms with E-state index in [9.17, 15) is 0 Å².